The van der Waals surface area contributed by atoms with Crippen LogP contribution in [0.5, 0.6) is 0 Å². The first-order valence-electron chi connectivity index (χ1n) is 5.64. The molecular weight excluding hydrogens is 176 g/mol. The predicted molar refractivity (Wildman–Crippen MR) is 56.0 cm³/mol. The molecule has 1 aliphatic carbocycles. The van der Waals surface area contributed by atoms with Gasteiger partial charge >= 0.3 is 0 Å². The minimum absolute atomic E-state index is 0.0408. The van der Waals surface area contributed by atoms with Gasteiger partial charge in [0.25, 0.3) is 0 Å². The molecule has 1 saturated carbocycles. The molecule has 1 aliphatic heterocycles. The smallest absolute Gasteiger partial charge is 0.222 e. The molecule has 2 N–H and O–H groups in total. The second-order valence-electron chi connectivity index (χ2n) is 5.27. The Kier molecular flexibility index (Phi) is 2.52. The number of nitrogens with one attached hydrogen (secondary N) is 2. The lowest BCUT2D eigenvalue weighted by Crippen LogP contribution is -2.52. The number of hydrogen-bond acceptors (Lipinski definition) is 2. The van der Waals surface area contributed by atoms with Crippen LogP contribution in [-0.4, -0.2) is 23.5 Å². The highest BCUT2D eigenvalue weighted by atomic mass is 16.1. The van der Waals surface area contributed by atoms with Gasteiger partial charge in [0, 0.05) is 24.0 Å². The summed E-state index contributed by atoms with van der Waals surface area (Å²) in [6, 6.07) is 0.864. The lowest BCUT2D eigenvalue weighted by Gasteiger charge is -2.34. The van der Waals surface area contributed by atoms with Crippen molar-refractivity contribution in [1.82, 2.24) is 10.6 Å². The Morgan fingerprint density at radius 2 is 1.86 bits per heavy atom. The molecule has 2 aliphatic rings. The van der Waals surface area contributed by atoms with Gasteiger partial charge in [0.05, 0.1) is 0 Å². The Hall–Kier alpha value is -0.570. The van der Waals surface area contributed by atoms with E-state index in [2.05, 4.69) is 24.5 Å². The molecule has 3 nitrogen and oxygen atoms in total. The van der Waals surface area contributed by atoms with Gasteiger partial charge in [-0.2, -0.15) is 0 Å². The fraction of sp³-hybridized carbons (Fsp3) is 0.909. The summed E-state index contributed by atoms with van der Waals surface area (Å²) in [7, 11) is 0. The molecule has 2 fully saturated rings. The minimum Gasteiger partial charge on any atom is -0.352 e. The number of amides is 1. The first kappa shape index (κ1) is 9.97. The summed E-state index contributed by atoms with van der Waals surface area (Å²) in [5, 5.41) is 6.74. The lowest BCUT2D eigenvalue weighted by atomic mass is 9.89. The molecule has 1 heterocycles. The van der Waals surface area contributed by atoms with Gasteiger partial charge in [-0.3, -0.25) is 4.79 Å². The van der Waals surface area contributed by atoms with E-state index in [1.54, 1.807) is 0 Å². The SMILES string of the molecule is CC1(C)CC(=O)NC2CCCCC2N1. The molecule has 14 heavy (non-hydrogen) atoms. The van der Waals surface area contributed by atoms with E-state index in [-0.39, 0.29) is 11.4 Å². The van der Waals surface area contributed by atoms with E-state index in [4.69, 9.17) is 0 Å². The van der Waals surface area contributed by atoms with E-state index in [1.165, 1.54) is 19.3 Å². The van der Waals surface area contributed by atoms with Crippen molar-refractivity contribution in [3.05, 3.63) is 0 Å². The van der Waals surface area contributed by atoms with Crippen LogP contribution in [0.25, 0.3) is 0 Å². The third kappa shape index (κ3) is 2.08. The van der Waals surface area contributed by atoms with Crippen LogP contribution in [0.1, 0.15) is 46.0 Å². The number of carbonyl (C=O) groups is 1. The normalized spacial score (nSPS) is 36.9. The molecule has 2 rings (SSSR count). The molecule has 3 heteroatoms. The molecule has 2 unspecified atom stereocenters. The van der Waals surface area contributed by atoms with Crippen LogP contribution in [-0.2, 0) is 4.79 Å². The van der Waals surface area contributed by atoms with E-state index in [9.17, 15) is 4.79 Å². The zero-order valence-electron chi connectivity index (χ0n) is 9.10. The van der Waals surface area contributed by atoms with Gasteiger partial charge in [-0.05, 0) is 26.7 Å². The maximum Gasteiger partial charge on any atom is 0.222 e. The molecule has 0 spiro atoms. The predicted octanol–water partition coefficient (Wildman–Crippen LogP) is 1.19. The number of rotatable bonds is 0. The van der Waals surface area contributed by atoms with Gasteiger partial charge in [0.1, 0.15) is 0 Å². The van der Waals surface area contributed by atoms with Gasteiger partial charge in [-0.25, -0.2) is 0 Å². The Morgan fingerprint density at radius 1 is 1.21 bits per heavy atom. The monoisotopic (exact) mass is 196 g/mol. The molecule has 0 aromatic carbocycles. The summed E-state index contributed by atoms with van der Waals surface area (Å²) >= 11 is 0. The maximum absolute atomic E-state index is 11.6. The van der Waals surface area contributed by atoms with Crippen molar-refractivity contribution in [2.24, 2.45) is 0 Å². The second kappa shape index (κ2) is 3.54. The lowest BCUT2D eigenvalue weighted by molar-refractivity contribution is -0.122. The van der Waals surface area contributed by atoms with Crippen LogP contribution >= 0.6 is 0 Å². The molecule has 2 atom stereocenters. The van der Waals surface area contributed by atoms with E-state index < -0.39 is 0 Å². The van der Waals surface area contributed by atoms with Gasteiger partial charge in [-0.1, -0.05) is 12.8 Å². The van der Waals surface area contributed by atoms with Crippen molar-refractivity contribution in [2.75, 3.05) is 0 Å². The molecule has 80 valence electrons. The molecule has 0 aromatic heterocycles. The zero-order valence-corrected chi connectivity index (χ0v) is 9.10. The van der Waals surface area contributed by atoms with E-state index in [1.807, 2.05) is 0 Å². The van der Waals surface area contributed by atoms with Gasteiger partial charge in [-0.15, -0.1) is 0 Å². The van der Waals surface area contributed by atoms with Crippen molar-refractivity contribution in [2.45, 2.75) is 63.6 Å². The van der Waals surface area contributed by atoms with Crippen LogP contribution in [0, 0.1) is 0 Å². The Balaban J connectivity index is 2.12. The van der Waals surface area contributed by atoms with Crippen LogP contribution in [0.15, 0.2) is 0 Å². The summed E-state index contributed by atoms with van der Waals surface area (Å²) in [6.07, 6.45) is 5.48. The highest BCUT2D eigenvalue weighted by Gasteiger charge is 2.35. The van der Waals surface area contributed by atoms with Crippen molar-refractivity contribution in [3.63, 3.8) is 0 Å². The van der Waals surface area contributed by atoms with Gasteiger partial charge in [0.2, 0.25) is 5.91 Å². The third-order valence-electron chi connectivity index (χ3n) is 3.29. The van der Waals surface area contributed by atoms with Crippen LogP contribution in [0.3, 0.4) is 0 Å². The molecule has 1 amide bonds. The van der Waals surface area contributed by atoms with Gasteiger partial charge < -0.3 is 10.6 Å². The van der Waals surface area contributed by atoms with Crippen molar-refractivity contribution in [1.29, 1.82) is 0 Å². The Bertz CT molecular complexity index is 237. The van der Waals surface area contributed by atoms with Crippen molar-refractivity contribution < 1.29 is 4.79 Å². The summed E-state index contributed by atoms with van der Waals surface area (Å²) in [6.45, 7) is 4.23. The fourth-order valence-corrected chi connectivity index (χ4v) is 2.69. The maximum atomic E-state index is 11.6. The highest BCUT2D eigenvalue weighted by molar-refractivity contribution is 5.78. The Labute approximate surface area is 85.6 Å². The largest absolute Gasteiger partial charge is 0.352 e. The van der Waals surface area contributed by atoms with Crippen molar-refractivity contribution in [3.8, 4) is 0 Å². The van der Waals surface area contributed by atoms with Gasteiger partial charge in [0.15, 0.2) is 0 Å². The second-order valence-corrected chi connectivity index (χ2v) is 5.27. The summed E-state index contributed by atoms with van der Waals surface area (Å²) in [5.74, 6) is 0.205. The van der Waals surface area contributed by atoms with Crippen LogP contribution in [0.2, 0.25) is 0 Å². The van der Waals surface area contributed by atoms with E-state index in [0.717, 1.165) is 6.42 Å². The highest BCUT2D eigenvalue weighted by Crippen LogP contribution is 2.24. The molecular formula is C11H20N2O. The topological polar surface area (TPSA) is 41.1 Å². The number of fused-ring (bicyclic) bond motifs is 1. The van der Waals surface area contributed by atoms with E-state index >= 15 is 0 Å². The quantitative estimate of drug-likeness (QED) is 0.611. The van der Waals surface area contributed by atoms with Crippen molar-refractivity contribution >= 4 is 5.91 Å². The van der Waals surface area contributed by atoms with E-state index in [0.29, 0.717) is 18.5 Å². The zero-order chi connectivity index (χ0) is 10.2. The summed E-state index contributed by atoms with van der Waals surface area (Å²) < 4.78 is 0. The summed E-state index contributed by atoms with van der Waals surface area (Å²) in [5.41, 5.74) is -0.0408. The standard InChI is InChI=1S/C11H20N2O/c1-11(2)7-10(14)12-8-5-3-4-6-9(8)13-11/h8-9,13H,3-7H2,1-2H3,(H,12,14). The third-order valence-corrected chi connectivity index (χ3v) is 3.29. The van der Waals surface area contributed by atoms with Crippen LogP contribution in [0.4, 0.5) is 0 Å². The molecule has 0 bridgehead atoms. The number of carbonyl (C=O) groups excluding carboxylic acids is 1. The average molecular weight is 196 g/mol. The molecule has 0 radical (unpaired) electrons. The minimum atomic E-state index is -0.0408. The first-order chi connectivity index (χ1) is 6.57. The summed E-state index contributed by atoms with van der Waals surface area (Å²) in [4.78, 5) is 11.6. The first-order valence-corrected chi connectivity index (χ1v) is 5.64. The molecule has 0 aromatic rings. The number of hydrogen-bond donors (Lipinski definition) is 2. The fourth-order valence-electron chi connectivity index (χ4n) is 2.69. The Morgan fingerprint density at radius 3 is 2.57 bits per heavy atom. The van der Waals surface area contributed by atoms with Crippen LogP contribution < -0.4 is 10.6 Å². The molecule has 1 saturated heterocycles. The average Bonchev–Trinajstić information content (AvgIpc) is 2.16.